The zero-order chi connectivity index (χ0) is 15.9. The predicted molar refractivity (Wildman–Crippen MR) is 94.2 cm³/mol. The van der Waals surface area contributed by atoms with Crippen molar-refractivity contribution in [3.63, 3.8) is 0 Å². The van der Waals surface area contributed by atoms with E-state index in [1.807, 2.05) is 42.5 Å². The average molecular weight is 381 g/mol. The molecule has 116 valence electrons. The number of hydrogen-bond donors (Lipinski definition) is 1. The molecule has 0 unspecified atom stereocenters. The molecule has 2 aromatic carbocycles. The third kappa shape index (κ3) is 5.17. The van der Waals surface area contributed by atoms with Crippen LogP contribution in [0.4, 0.5) is 0 Å². The number of carbonyl (C=O) groups is 1. The minimum absolute atomic E-state index is 0.00575. The van der Waals surface area contributed by atoms with Crippen LogP contribution in [0.2, 0.25) is 10.3 Å². The molecule has 0 radical (unpaired) electrons. The van der Waals surface area contributed by atoms with Crippen LogP contribution in [-0.4, -0.2) is 26.9 Å². The molecule has 2 rings (SSSR count). The van der Waals surface area contributed by atoms with Gasteiger partial charge in [0.15, 0.2) is 0 Å². The van der Waals surface area contributed by atoms with Gasteiger partial charge in [0.2, 0.25) is 0 Å². The van der Waals surface area contributed by atoms with Gasteiger partial charge < -0.3 is 0 Å². The number of halogens is 1. The van der Waals surface area contributed by atoms with Gasteiger partial charge in [-0.05, 0) is 0 Å². The van der Waals surface area contributed by atoms with Gasteiger partial charge in [-0.2, -0.15) is 0 Å². The van der Waals surface area contributed by atoms with Crippen molar-refractivity contribution >= 4 is 36.9 Å². The molecule has 1 atom stereocenters. The normalized spacial score (nSPS) is 12.2. The van der Waals surface area contributed by atoms with E-state index in [9.17, 15) is 4.79 Å². The Labute approximate surface area is 143 Å². The third-order valence-corrected chi connectivity index (χ3v) is 6.03. The standard InChI is InChI=1S/C18H20ClNOSe/c1-13(2)17(12-22-16-10-8-15(19)9-11-16)20-18(21)14-6-4-3-5-7-14/h3-11,13,17H,12H2,1-2H3,(H,20,21)/t17-/m1/s1. The van der Waals surface area contributed by atoms with Gasteiger partial charge >= 0.3 is 143 Å². The van der Waals surface area contributed by atoms with Crippen LogP contribution in [0.25, 0.3) is 0 Å². The molecule has 0 aromatic heterocycles. The Morgan fingerprint density at radius 1 is 1.09 bits per heavy atom. The first kappa shape index (κ1) is 17.1. The number of carbonyl (C=O) groups excluding carboxylic acids is 1. The second kappa shape index (κ2) is 8.38. The van der Waals surface area contributed by atoms with E-state index in [1.54, 1.807) is 0 Å². The van der Waals surface area contributed by atoms with Gasteiger partial charge in [0.05, 0.1) is 0 Å². The third-order valence-electron chi connectivity index (χ3n) is 3.40. The van der Waals surface area contributed by atoms with Crippen molar-refractivity contribution in [2.45, 2.75) is 25.2 Å². The van der Waals surface area contributed by atoms with Crippen molar-refractivity contribution in [2.75, 3.05) is 0 Å². The number of nitrogens with one attached hydrogen (secondary N) is 1. The SMILES string of the molecule is CC(C)[C@@H](C[Se]c1ccc(Cl)cc1)NC(=O)c1ccccc1. The van der Waals surface area contributed by atoms with Crippen LogP contribution in [-0.2, 0) is 0 Å². The molecule has 0 aliphatic carbocycles. The summed E-state index contributed by atoms with van der Waals surface area (Å²) in [6.45, 7) is 4.29. The fourth-order valence-corrected chi connectivity index (χ4v) is 4.54. The molecule has 0 aliphatic rings. The van der Waals surface area contributed by atoms with E-state index in [1.165, 1.54) is 4.46 Å². The van der Waals surface area contributed by atoms with Crippen LogP contribution in [0, 0.1) is 5.92 Å². The monoisotopic (exact) mass is 381 g/mol. The van der Waals surface area contributed by atoms with Crippen LogP contribution in [0.3, 0.4) is 0 Å². The van der Waals surface area contributed by atoms with E-state index in [0.29, 0.717) is 26.4 Å². The summed E-state index contributed by atoms with van der Waals surface area (Å²) >= 11 is 6.23. The summed E-state index contributed by atoms with van der Waals surface area (Å²) in [5.74, 6) is 0.410. The molecule has 2 aromatic rings. The molecule has 22 heavy (non-hydrogen) atoms. The molecular weight excluding hydrogens is 361 g/mol. The van der Waals surface area contributed by atoms with Gasteiger partial charge in [0.25, 0.3) is 0 Å². The maximum absolute atomic E-state index is 12.3. The Balaban J connectivity index is 1.95. The summed E-state index contributed by atoms with van der Waals surface area (Å²) in [5, 5.41) is 4.90. The van der Waals surface area contributed by atoms with Crippen molar-refractivity contribution < 1.29 is 4.79 Å². The summed E-state index contributed by atoms with van der Waals surface area (Å²) in [4.78, 5) is 12.3. The Hall–Kier alpha value is -1.28. The van der Waals surface area contributed by atoms with E-state index < -0.39 is 0 Å². The van der Waals surface area contributed by atoms with Crippen LogP contribution in [0.1, 0.15) is 24.2 Å². The van der Waals surface area contributed by atoms with Crippen molar-refractivity contribution in [3.8, 4) is 0 Å². The molecule has 0 heterocycles. The van der Waals surface area contributed by atoms with Crippen molar-refractivity contribution in [2.24, 2.45) is 5.92 Å². The van der Waals surface area contributed by atoms with Gasteiger partial charge in [0, 0.05) is 0 Å². The molecule has 0 fully saturated rings. The quantitative estimate of drug-likeness (QED) is 0.763. The number of benzene rings is 2. The predicted octanol–water partition coefficient (Wildman–Crippen LogP) is 3.54. The molecule has 1 N–H and O–H groups in total. The fourth-order valence-electron chi connectivity index (χ4n) is 1.96. The van der Waals surface area contributed by atoms with E-state index in [2.05, 4.69) is 31.3 Å². The van der Waals surface area contributed by atoms with Crippen molar-refractivity contribution in [1.82, 2.24) is 5.32 Å². The molecular formula is C18H20ClNOSe. The van der Waals surface area contributed by atoms with Gasteiger partial charge in [-0.3, -0.25) is 0 Å². The van der Waals surface area contributed by atoms with Crippen LogP contribution in [0.15, 0.2) is 54.6 Å². The summed E-state index contributed by atoms with van der Waals surface area (Å²) < 4.78 is 1.30. The van der Waals surface area contributed by atoms with E-state index >= 15 is 0 Å². The van der Waals surface area contributed by atoms with Gasteiger partial charge in [0.1, 0.15) is 0 Å². The first-order valence-corrected chi connectivity index (χ1v) is 9.75. The molecule has 1 amide bonds. The molecule has 0 bridgehead atoms. The van der Waals surface area contributed by atoms with E-state index in [-0.39, 0.29) is 11.9 Å². The van der Waals surface area contributed by atoms with Crippen molar-refractivity contribution in [1.29, 1.82) is 0 Å². The van der Waals surface area contributed by atoms with E-state index in [4.69, 9.17) is 11.6 Å². The van der Waals surface area contributed by atoms with Gasteiger partial charge in [-0.1, -0.05) is 0 Å². The Bertz CT molecular complexity index is 598. The molecule has 0 saturated carbocycles. The number of hydrogen-bond acceptors (Lipinski definition) is 1. The average Bonchev–Trinajstić information content (AvgIpc) is 2.53. The fraction of sp³-hybridized carbons (Fsp3) is 0.278. The second-order valence-electron chi connectivity index (χ2n) is 5.45. The molecule has 4 heteroatoms. The topological polar surface area (TPSA) is 29.1 Å². The first-order chi connectivity index (χ1) is 10.6. The molecule has 2 nitrogen and oxygen atoms in total. The van der Waals surface area contributed by atoms with Gasteiger partial charge in [-0.25, -0.2) is 0 Å². The maximum atomic E-state index is 12.3. The summed E-state index contributed by atoms with van der Waals surface area (Å²) in [5.41, 5.74) is 0.715. The van der Waals surface area contributed by atoms with E-state index in [0.717, 1.165) is 10.3 Å². The number of amides is 1. The zero-order valence-electron chi connectivity index (χ0n) is 12.8. The Kier molecular flexibility index (Phi) is 6.50. The minimum atomic E-state index is 0.00575. The molecule has 0 saturated heterocycles. The Morgan fingerprint density at radius 2 is 1.73 bits per heavy atom. The van der Waals surface area contributed by atoms with Crippen LogP contribution in [0.5, 0.6) is 0 Å². The summed E-state index contributed by atoms with van der Waals surface area (Å²) in [7, 11) is 0. The van der Waals surface area contributed by atoms with Crippen LogP contribution < -0.4 is 9.78 Å². The molecule has 0 aliphatic heterocycles. The second-order valence-corrected chi connectivity index (χ2v) is 8.19. The van der Waals surface area contributed by atoms with Gasteiger partial charge in [-0.15, -0.1) is 0 Å². The number of rotatable bonds is 6. The van der Waals surface area contributed by atoms with Crippen LogP contribution >= 0.6 is 11.6 Å². The van der Waals surface area contributed by atoms with Crippen molar-refractivity contribution in [3.05, 3.63) is 65.2 Å². The first-order valence-electron chi connectivity index (χ1n) is 7.30. The molecule has 0 spiro atoms. The Morgan fingerprint density at radius 3 is 2.32 bits per heavy atom. The summed E-state index contributed by atoms with van der Waals surface area (Å²) in [6, 6.07) is 17.5. The zero-order valence-corrected chi connectivity index (χ0v) is 15.2. The summed E-state index contributed by atoms with van der Waals surface area (Å²) in [6.07, 6.45) is 0.